The van der Waals surface area contributed by atoms with Crippen molar-refractivity contribution in [2.45, 2.75) is 39.2 Å². The zero-order chi connectivity index (χ0) is 13.2. The maximum atomic E-state index is 11.7. The molecule has 0 aliphatic heterocycles. The molecule has 0 unspecified atom stereocenters. The van der Waals surface area contributed by atoms with Crippen LogP contribution in [0.1, 0.15) is 50.1 Å². The Labute approximate surface area is 99.2 Å². The van der Waals surface area contributed by atoms with E-state index in [1.165, 1.54) is 13.8 Å². The first kappa shape index (κ1) is 13.1. The summed E-state index contributed by atoms with van der Waals surface area (Å²) in [6.45, 7) is 6.89. The maximum absolute atomic E-state index is 11.7. The summed E-state index contributed by atoms with van der Waals surface area (Å²) in [7, 11) is 0. The molecule has 1 aromatic rings. The Hall–Kier alpha value is -1.92. The van der Waals surface area contributed by atoms with Crippen molar-refractivity contribution in [3.05, 3.63) is 11.6 Å². The maximum Gasteiger partial charge on any atom is 0.291 e. The molecule has 0 fully saturated rings. The van der Waals surface area contributed by atoms with Gasteiger partial charge in [-0.2, -0.15) is 0 Å². The molecule has 0 atom stereocenters. The summed E-state index contributed by atoms with van der Waals surface area (Å²) in [5.74, 6) is -0.384. The molecule has 17 heavy (non-hydrogen) atoms. The molecule has 0 radical (unpaired) electrons. The van der Waals surface area contributed by atoms with Crippen LogP contribution in [-0.2, 0) is 4.79 Å². The quantitative estimate of drug-likeness (QED) is 0.681. The first-order valence-electron chi connectivity index (χ1n) is 5.28. The number of nitrogens with one attached hydrogen (secondary N) is 2. The van der Waals surface area contributed by atoms with Gasteiger partial charge in [0, 0.05) is 5.92 Å². The minimum absolute atomic E-state index is 0.00280. The summed E-state index contributed by atoms with van der Waals surface area (Å²) < 4.78 is 0. The van der Waals surface area contributed by atoms with Gasteiger partial charge in [-0.25, -0.2) is 4.98 Å². The van der Waals surface area contributed by atoms with Crippen LogP contribution < -0.4 is 11.1 Å². The molecule has 7 heteroatoms. The second-order valence-corrected chi connectivity index (χ2v) is 4.64. The Morgan fingerprint density at radius 2 is 2.00 bits per heavy atom. The normalized spacial score (nSPS) is 11.6. The molecule has 4 N–H and O–H groups in total. The lowest BCUT2D eigenvalue weighted by Gasteiger charge is -2.20. The summed E-state index contributed by atoms with van der Waals surface area (Å²) in [6, 6.07) is 0. The van der Waals surface area contributed by atoms with Crippen LogP contribution in [0.3, 0.4) is 0 Å². The van der Waals surface area contributed by atoms with Gasteiger partial charge < -0.3 is 11.1 Å². The summed E-state index contributed by atoms with van der Waals surface area (Å²) in [6.07, 6.45) is 0. The van der Waals surface area contributed by atoms with Crippen LogP contribution in [0.25, 0.3) is 0 Å². The number of carbonyl (C=O) groups excluding carboxylic acids is 2. The summed E-state index contributed by atoms with van der Waals surface area (Å²) in [5, 5.41) is 8.91. The molecule has 1 rings (SSSR count). The van der Waals surface area contributed by atoms with Crippen molar-refractivity contribution in [2.24, 2.45) is 5.73 Å². The molecule has 0 bridgehead atoms. The molecule has 1 heterocycles. The fourth-order valence-corrected chi connectivity index (χ4v) is 1.04. The lowest BCUT2D eigenvalue weighted by molar-refractivity contribution is -0.122. The van der Waals surface area contributed by atoms with Crippen LogP contribution in [0, 0.1) is 0 Å². The standard InChI is InChI=1S/C10H17N5O2/c1-5(2)6-12-7(15-14-6)8(16)13-10(3,4)9(11)17/h5H,1-4H3,(H2,11,17)(H,13,16)(H,12,14,15). The second-order valence-electron chi connectivity index (χ2n) is 4.64. The molecule has 7 nitrogen and oxygen atoms in total. The molecule has 0 saturated heterocycles. The largest absolute Gasteiger partial charge is 0.368 e. The van der Waals surface area contributed by atoms with Crippen LogP contribution in [0.2, 0.25) is 0 Å². The van der Waals surface area contributed by atoms with Crippen molar-refractivity contribution in [3.8, 4) is 0 Å². The predicted molar refractivity (Wildman–Crippen MR) is 61.2 cm³/mol. The third-order valence-electron chi connectivity index (χ3n) is 2.29. The van der Waals surface area contributed by atoms with E-state index >= 15 is 0 Å². The average molecular weight is 239 g/mol. The number of nitrogens with zero attached hydrogens (tertiary/aromatic N) is 2. The minimum atomic E-state index is -1.13. The van der Waals surface area contributed by atoms with E-state index in [4.69, 9.17) is 5.73 Å². The number of H-pyrrole nitrogens is 1. The van der Waals surface area contributed by atoms with Gasteiger partial charge in [-0.1, -0.05) is 13.8 Å². The third-order valence-corrected chi connectivity index (χ3v) is 2.29. The van der Waals surface area contributed by atoms with Gasteiger partial charge in [0.15, 0.2) is 0 Å². The highest BCUT2D eigenvalue weighted by atomic mass is 16.2. The zero-order valence-corrected chi connectivity index (χ0v) is 10.4. The molecule has 1 aromatic heterocycles. The van der Waals surface area contributed by atoms with Crippen molar-refractivity contribution in [1.29, 1.82) is 0 Å². The number of carbonyl (C=O) groups is 2. The first-order valence-corrected chi connectivity index (χ1v) is 5.28. The van der Waals surface area contributed by atoms with Crippen molar-refractivity contribution >= 4 is 11.8 Å². The molecular weight excluding hydrogens is 222 g/mol. The van der Waals surface area contributed by atoms with E-state index in [0.29, 0.717) is 5.82 Å². The minimum Gasteiger partial charge on any atom is -0.368 e. The fourth-order valence-electron chi connectivity index (χ4n) is 1.04. The highest BCUT2D eigenvalue weighted by Crippen LogP contribution is 2.08. The van der Waals surface area contributed by atoms with E-state index in [-0.39, 0.29) is 11.7 Å². The second kappa shape index (κ2) is 4.52. The van der Waals surface area contributed by atoms with Gasteiger partial charge >= 0.3 is 0 Å². The van der Waals surface area contributed by atoms with Gasteiger partial charge in [0.05, 0.1) is 0 Å². The van der Waals surface area contributed by atoms with E-state index in [9.17, 15) is 9.59 Å². The smallest absolute Gasteiger partial charge is 0.291 e. The lowest BCUT2D eigenvalue weighted by Crippen LogP contribution is -2.53. The molecule has 0 aliphatic carbocycles. The van der Waals surface area contributed by atoms with Gasteiger partial charge in [-0.15, -0.1) is 5.10 Å². The molecule has 2 amide bonds. The van der Waals surface area contributed by atoms with Crippen LogP contribution in [0.5, 0.6) is 0 Å². The van der Waals surface area contributed by atoms with Gasteiger partial charge in [0.2, 0.25) is 11.7 Å². The molecule has 0 aromatic carbocycles. The average Bonchev–Trinajstić information content (AvgIpc) is 2.65. The van der Waals surface area contributed by atoms with E-state index in [2.05, 4.69) is 20.5 Å². The summed E-state index contributed by atoms with van der Waals surface area (Å²) in [5.41, 5.74) is 4.02. The van der Waals surface area contributed by atoms with Crippen LogP contribution >= 0.6 is 0 Å². The lowest BCUT2D eigenvalue weighted by atomic mass is 10.1. The van der Waals surface area contributed by atoms with Gasteiger partial charge in [-0.05, 0) is 13.8 Å². The number of aromatic amines is 1. The van der Waals surface area contributed by atoms with Crippen LogP contribution in [0.4, 0.5) is 0 Å². The molecule has 0 spiro atoms. The van der Waals surface area contributed by atoms with Gasteiger partial charge in [-0.3, -0.25) is 14.7 Å². The van der Waals surface area contributed by atoms with Crippen molar-refractivity contribution < 1.29 is 9.59 Å². The van der Waals surface area contributed by atoms with Crippen molar-refractivity contribution in [3.63, 3.8) is 0 Å². The Bertz CT molecular complexity index is 436. The number of amides is 2. The predicted octanol–water partition coefficient (Wildman–Crippen LogP) is -0.0782. The van der Waals surface area contributed by atoms with Crippen LogP contribution in [0.15, 0.2) is 0 Å². The number of nitrogens with two attached hydrogens (primary N) is 1. The fraction of sp³-hybridized carbons (Fsp3) is 0.600. The van der Waals surface area contributed by atoms with Gasteiger partial charge in [0.25, 0.3) is 5.91 Å². The van der Waals surface area contributed by atoms with Crippen molar-refractivity contribution in [2.75, 3.05) is 0 Å². The van der Waals surface area contributed by atoms with Gasteiger partial charge in [0.1, 0.15) is 11.4 Å². The van der Waals surface area contributed by atoms with E-state index in [1.807, 2.05) is 13.8 Å². The number of primary amides is 1. The van der Waals surface area contributed by atoms with Crippen molar-refractivity contribution in [1.82, 2.24) is 20.5 Å². The number of rotatable bonds is 4. The van der Waals surface area contributed by atoms with E-state index in [0.717, 1.165) is 0 Å². The Morgan fingerprint density at radius 3 is 2.41 bits per heavy atom. The topological polar surface area (TPSA) is 114 Å². The molecular formula is C10H17N5O2. The summed E-state index contributed by atoms with van der Waals surface area (Å²) >= 11 is 0. The Morgan fingerprint density at radius 1 is 1.41 bits per heavy atom. The number of aromatic nitrogens is 3. The monoisotopic (exact) mass is 239 g/mol. The molecule has 0 aliphatic rings. The summed E-state index contributed by atoms with van der Waals surface area (Å²) in [4.78, 5) is 26.8. The number of hydrogen-bond acceptors (Lipinski definition) is 4. The highest BCUT2D eigenvalue weighted by molar-refractivity contribution is 5.96. The highest BCUT2D eigenvalue weighted by Gasteiger charge is 2.28. The van der Waals surface area contributed by atoms with E-state index in [1.54, 1.807) is 0 Å². The number of hydrogen-bond donors (Lipinski definition) is 3. The first-order chi connectivity index (χ1) is 7.74. The molecule has 94 valence electrons. The molecule has 0 saturated carbocycles. The third kappa shape index (κ3) is 3.02. The zero-order valence-electron chi connectivity index (χ0n) is 10.4. The van der Waals surface area contributed by atoms with Crippen LogP contribution in [-0.4, -0.2) is 32.5 Å². The van der Waals surface area contributed by atoms with E-state index < -0.39 is 17.4 Å². The SMILES string of the molecule is CC(C)c1nc(C(=O)NC(C)(C)C(N)=O)n[nH]1. The Kier molecular flexibility index (Phi) is 3.50. The Balaban J connectivity index is 2.80.